The van der Waals surface area contributed by atoms with Crippen LogP contribution < -0.4 is 0 Å². The first-order valence-corrected chi connectivity index (χ1v) is 25.9. The summed E-state index contributed by atoms with van der Waals surface area (Å²) in [5, 5.41) is 0. The van der Waals surface area contributed by atoms with Gasteiger partial charge in [0.15, 0.2) is 0 Å². The van der Waals surface area contributed by atoms with Crippen molar-refractivity contribution in [3.63, 3.8) is 0 Å². The van der Waals surface area contributed by atoms with Gasteiger partial charge in [0.25, 0.3) is 0 Å². The third-order valence-corrected chi connectivity index (χ3v) is 18.7. The predicted octanol–water partition coefficient (Wildman–Crippen LogP) is 3.68. The van der Waals surface area contributed by atoms with Gasteiger partial charge in [0.2, 0.25) is 0 Å². The Kier molecular flexibility index (Phi) is 6.26. The topological polar surface area (TPSA) is 9.23 Å². The average molecular weight is 400 g/mol. The summed E-state index contributed by atoms with van der Waals surface area (Å²) < 4.78 is 7.85. The maximum absolute atomic E-state index is 5.36. The molecule has 1 nitrogen and oxygen atoms in total. The van der Waals surface area contributed by atoms with Crippen molar-refractivity contribution >= 4 is 36.8 Å². The number of rotatable bonds is 5. The van der Waals surface area contributed by atoms with Crippen LogP contribution in [0.1, 0.15) is 0 Å². The van der Waals surface area contributed by atoms with E-state index in [2.05, 4.69) is 29.6 Å². The van der Waals surface area contributed by atoms with E-state index in [0.29, 0.717) is 0 Å². The summed E-state index contributed by atoms with van der Waals surface area (Å²) >= 11 is -3.29. The zero-order valence-electron chi connectivity index (χ0n) is 10.4. The average Bonchev–Trinajstić information content (AvgIpc) is 1.81. The van der Waals surface area contributed by atoms with E-state index in [1.165, 1.54) is 4.44 Å². The molecule has 0 heterocycles. The van der Waals surface area contributed by atoms with Crippen LogP contribution in [0.25, 0.3) is 0 Å². The van der Waals surface area contributed by atoms with Crippen LogP contribution in [0, 0.1) is 0 Å². The quantitative estimate of drug-likeness (QED) is 0.641. The molecule has 0 fully saturated rings. The summed E-state index contributed by atoms with van der Waals surface area (Å²) in [5.74, 6) is 0. The fraction of sp³-hybridized carbons (Fsp3) is 1.00. The van der Waals surface area contributed by atoms with Crippen LogP contribution in [0.15, 0.2) is 0 Å². The number of hydrogen-bond acceptors (Lipinski definition) is 1. The maximum atomic E-state index is 5.36. The van der Waals surface area contributed by atoms with Crippen LogP contribution in [0.2, 0.25) is 38.0 Å². The van der Waals surface area contributed by atoms with Gasteiger partial charge in [-0.25, -0.2) is 0 Å². The first kappa shape index (κ1) is 14.6. The summed E-state index contributed by atoms with van der Waals surface area (Å²) in [6, 6.07) is 0. The Hall–Kier alpha value is 1.56. The summed E-state index contributed by atoms with van der Waals surface area (Å²) in [6.45, 7) is 1.02. The molecule has 0 aliphatic carbocycles. The van der Waals surface area contributed by atoms with Gasteiger partial charge in [-0.05, 0) is 0 Å². The molecule has 0 rings (SSSR count). The molecule has 0 aromatic carbocycles. The van der Waals surface area contributed by atoms with E-state index in [1.54, 1.807) is 0 Å². The van der Waals surface area contributed by atoms with Crippen molar-refractivity contribution in [3.8, 4) is 0 Å². The first-order valence-electron chi connectivity index (χ1n) is 5.16. The molecule has 0 amide bonds. The van der Waals surface area contributed by atoms with Crippen molar-refractivity contribution < 1.29 is 4.74 Å². The molecule has 1 unspecified atom stereocenters. The number of methoxy groups -OCH3 is 1. The Labute approximate surface area is 92.4 Å². The van der Waals surface area contributed by atoms with Gasteiger partial charge in [-0.2, -0.15) is 0 Å². The zero-order chi connectivity index (χ0) is 10.7. The molecule has 0 aromatic heterocycles. The molecule has 0 N–H and O–H groups in total. The minimum atomic E-state index is -1.70. The molecule has 0 spiro atoms. The second-order valence-electron chi connectivity index (χ2n) is 6.28. The van der Waals surface area contributed by atoms with E-state index in [1.807, 2.05) is 7.11 Å². The SMILES string of the molecule is COC[CH]([CH2][Sn]([CH3])([CH3])[CH3])[Sn]([CH3])([CH3])[CH3]. The van der Waals surface area contributed by atoms with E-state index in [4.69, 9.17) is 4.74 Å². The molecule has 0 aliphatic rings. The fourth-order valence-corrected chi connectivity index (χ4v) is 33.2. The summed E-state index contributed by atoms with van der Waals surface area (Å²) in [7, 11) is 1.85. The third-order valence-electron chi connectivity index (χ3n) is 2.45. The van der Waals surface area contributed by atoms with E-state index in [-0.39, 0.29) is 0 Å². The monoisotopic (exact) mass is 402 g/mol. The van der Waals surface area contributed by atoms with Crippen molar-refractivity contribution in [2.45, 2.75) is 38.0 Å². The van der Waals surface area contributed by atoms with Crippen LogP contribution in [-0.2, 0) is 4.74 Å². The van der Waals surface area contributed by atoms with Crippen LogP contribution in [0.5, 0.6) is 0 Å². The molecule has 0 bridgehead atoms. The molecule has 3 heteroatoms. The van der Waals surface area contributed by atoms with E-state index in [0.717, 1.165) is 10.5 Å². The Morgan fingerprint density at radius 1 is 1.00 bits per heavy atom. The minimum absolute atomic E-state index is 0.954. The molecule has 0 radical (unpaired) electrons. The van der Waals surface area contributed by atoms with Crippen LogP contribution in [0.3, 0.4) is 0 Å². The van der Waals surface area contributed by atoms with E-state index in [9.17, 15) is 0 Å². The van der Waals surface area contributed by atoms with Gasteiger partial charge in [0, 0.05) is 0 Å². The Balaban J connectivity index is 4.27. The second kappa shape index (κ2) is 5.59. The fourth-order valence-electron chi connectivity index (χ4n) is 1.56. The van der Waals surface area contributed by atoms with Crippen molar-refractivity contribution in [1.82, 2.24) is 0 Å². The van der Waals surface area contributed by atoms with Gasteiger partial charge >= 0.3 is 93.2 Å². The summed E-state index contributed by atoms with van der Waals surface area (Å²) in [5.41, 5.74) is 0. The van der Waals surface area contributed by atoms with Gasteiger partial charge in [-0.1, -0.05) is 0 Å². The predicted molar refractivity (Wildman–Crippen MR) is 67.1 cm³/mol. The standard InChI is InChI=1S/C4H8O.6CH3.2Sn/c1-3-4-5-2;;;;;;;;/h3H,1,4H2,2H3;6*1H3;;. The zero-order valence-corrected chi connectivity index (χ0v) is 16.1. The second-order valence-corrected chi connectivity index (χ2v) is 37.9. The third kappa shape index (κ3) is 7.48. The van der Waals surface area contributed by atoms with Crippen molar-refractivity contribution in [1.29, 1.82) is 0 Å². The molecule has 1 atom stereocenters. The van der Waals surface area contributed by atoms with Crippen LogP contribution >= 0.6 is 0 Å². The van der Waals surface area contributed by atoms with Gasteiger partial charge in [-0.3, -0.25) is 0 Å². The van der Waals surface area contributed by atoms with Gasteiger partial charge < -0.3 is 0 Å². The van der Waals surface area contributed by atoms with Gasteiger partial charge in [0.05, 0.1) is 0 Å². The Bertz CT molecular complexity index is 144. The first-order chi connectivity index (χ1) is 5.67. The van der Waals surface area contributed by atoms with Crippen LogP contribution in [-0.4, -0.2) is 50.5 Å². The number of ether oxygens (including phenoxy) is 1. The summed E-state index contributed by atoms with van der Waals surface area (Å²) in [6.07, 6.45) is 0. The Morgan fingerprint density at radius 2 is 1.46 bits per heavy atom. The van der Waals surface area contributed by atoms with Crippen molar-refractivity contribution in [2.75, 3.05) is 13.7 Å². The molecular weight excluding hydrogens is 374 g/mol. The molecule has 0 saturated carbocycles. The van der Waals surface area contributed by atoms with Crippen molar-refractivity contribution in [3.05, 3.63) is 0 Å². The van der Waals surface area contributed by atoms with Crippen LogP contribution in [0.4, 0.5) is 0 Å². The Morgan fingerprint density at radius 3 is 1.69 bits per heavy atom. The molecule has 0 aromatic rings. The molecule has 80 valence electrons. The molecule has 0 aliphatic heterocycles. The number of hydrogen-bond donors (Lipinski definition) is 0. The van der Waals surface area contributed by atoms with Crippen molar-refractivity contribution in [2.24, 2.45) is 0 Å². The summed E-state index contributed by atoms with van der Waals surface area (Å²) in [4.78, 5) is 15.2. The normalized spacial score (nSPS) is 15.9. The molecular formula is C10H26OSn2. The molecule has 13 heavy (non-hydrogen) atoms. The van der Waals surface area contributed by atoms with Gasteiger partial charge in [0.1, 0.15) is 0 Å². The molecule has 0 saturated heterocycles. The van der Waals surface area contributed by atoms with Gasteiger partial charge in [-0.15, -0.1) is 0 Å². The van der Waals surface area contributed by atoms with E-state index >= 15 is 0 Å². The van der Waals surface area contributed by atoms with E-state index < -0.39 is 36.8 Å².